The van der Waals surface area contributed by atoms with Gasteiger partial charge in [-0.15, -0.1) is 0 Å². The van der Waals surface area contributed by atoms with Crippen LogP contribution in [0.5, 0.6) is 0 Å². The maximum Gasteiger partial charge on any atom is 0.258 e. The van der Waals surface area contributed by atoms with E-state index >= 15 is 0 Å². The van der Waals surface area contributed by atoms with Crippen molar-refractivity contribution in [3.8, 4) is 0 Å². The number of rotatable bonds is 5. The number of fused-ring (bicyclic) bond motifs is 1. The minimum Gasteiger partial charge on any atom is -0.322 e. The Morgan fingerprint density at radius 1 is 1.21 bits per heavy atom. The van der Waals surface area contributed by atoms with E-state index in [4.69, 9.17) is 11.6 Å². The van der Waals surface area contributed by atoms with E-state index in [9.17, 15) is 4.79 Å². The molecule has 0 spiro atoms. The Labute approximate surface area is 175 Å². The van der Waals surface area contributed by atoms with Gasteiger partial charge >= 0.3 is 0 Å². The second-order valence-corrected chi connectivity index (χ2v) is 8.33. The first kappa shape index (κ1) is 19.9. The van der Waals surface area contributed by atoms with Crippen molar-refractivity contribution >= 4 is 34.4 Å². The topological polar surface area (TPSA) is 63.1 Å². The second kappa shape index (κ2) is 8.51. The van der Waals surface area contributed by atoms with Gasteiger partial charge in [-0.2, -0.15) is 0 Å². The summed E-state index contributed by atoms with van der Waals surface area (Å²) < 4.78 is 2.04. The van der Waals surface area contributed by atoms with E-state index in [2.05, 4.69) is 27.2 Å². The minimum atomic E-state index is -0.283. The third kappa shape index (κ3) is 4.43. The predicted molar refractivity (Wildman–Crippen MR) is 117 cm³/mol. The molecule has 0 unspecified atom stereocenters. The van der Waals surface area contributed by atoms with Gasteiger partial charge in [0.05, 0.1) is 16.9 Å². The number of nitrogens with zero attached hydrogens (tertiary/aromatic N) is 4. The Kier molecular flexibility index (Phi) is 5.83. The zero-order valence-corrected chi connectivity index (χ0v) is 17.6. The number of piperidine rings is 1. The van der Waals surface area contributed by atoms with Crippen molar-refractivity contribution in [1.82, 2.24) is 19.4 Å². The van der Waals surface area contributed by atoms with Crippen LogP contribution in [-0.2, 0) is 6.54 Å². The molecule has 152 valence electrons. The Hall–Kier alpha value is -2.44. The molecule has 3 heterocycles. The Bertz CT molecular complexity index is 1010. The molecule has 29 heavy (non-hydrogen) atoms. The largest absolute Gasteiger partial charge is 0.322 e. The lowest BCUT2D eigenvalue weighted by Crippen LogP contribution is -2.30. The summed E-state index contributed by atoms with van der Waals surface area (Å²) in [5.41, 5.74) is 3.50. The van der Waals surface area contributed by atoms with Crippen LogP contribution in [0.1, 0.15) is 35.2 Å². The molecule has 0 atom stereocenters. The maximum atomic E-state index is 12.7. The number of carbonyl (C=O) groups excluding carboxylic acids is 1. The van der Waals surface area contributed by atoms with Crippen LogP contribution in [0.15, 0.2) is 36.8 Å². The monoisotopic (exact) mass is 411 g/mol. The van der Waals surface area contributed by atoms with Crippen molar-refractivity contribution in [2.24, 2.45) is 5.92 Å². The first-order valence-corrected chi connectivity index (χ1v) is 10.4. The number of halogens is 1. The van der Waals surface area contributed by atoms with Crippen molar-refractivity contribution in [3.05, 3.63) is 52.9 Å². The molecule has 1 aliphatic heterocycles. The molecule has 1 aliphatic rings. The Balaban J connectivity index is 1.48. The molecule has 0 radical (unpaired) electrons. The number of hydrogen-bond donors (Lipinski definition) is 1. The minimum absolute atomic E-state index is 0.283. The van der Waals surface area contributed by atoms with E-state index in [1.165, 1.54) is 25.9 Å². The van der Waals surface area contributed by atoms with Crippen molar-refractivity contribution in [3.63, 3.8) is 0 Å². The fourth-order valence-corrected chi connectivity index (χ4v) is 4.07. The first-order chi connectivity index (χ1) is 14.0. The molecule has 7 heteroatoms. The number of anilines is 1. The summed E-state index contributed by atoms with van der Waals surface area (Å²) in [5, 5.41) is 3.21. The van der Waals surface area contributed by atoms with Crippen molar-refractivity contribution in [2.45, 2.75) is 32.7 Å². The lowest BCUT2D eigenvalue weighted by molar-refractivity contribution is 0.102. The van der Waals surface area contributed by atoms with E-state index in [0.29, 0.717) is 16.1 Å². The smallest absolute Gasteiger partial charge is 0.258 e. The summed E-state index contributed by atoms with van der Waals surface area (Å²) in [5.74, 6) is 0.452. The van der Waals surface area contributed by atoms with Crippen LogP contribution in [0.4, 0.5) is 5.69 Å². The van der Waals surface area contributed by atoms with Crippen LogP contribution in [0.25, 0.3) is 11.2 Å². The number of aromatic nitrogens is 3. The number of benzene rings is 1. The number of amides is 1. The van der Waals surface area contributed by atoms with Crippen molar-refractivity contribution < 1.29 is 4.79 Å². The zero-order chi connectivity index (χ0) is 20.4. The molecular formula is C22H26ClN5O. The normalized spacial score (nSPS) is 15.7. The molecule has 0 aliphatic carbocycles. The zero-order valence-electron chi connectivity index (χ0n) is 16.9. The summed E-state index contributed by atoms with van der Waals surface area (Å²) in [6.07, 6.45) is 6.90. The predicted octanol–water partition coefficient (Wildman–Crippen LogP) is 4.38. The van der Waals surface area contributed by atoms with Gasteiger partial charge in [-0.25, -0.2) is 9.97 Å². The number of likely N-dealkylation sites (tertiary alicyclic amines) is 1. The number of imidazole rings is 1. The van der Waals surface area contributed by atoms with Gasteiger partial charge < -0.3 is 14.8 Å². The highest BCUT2D eigenvalue weighted by molar-refractivity contribution is 6.38. The number of carbonyl (C=O) groups is 1. The maximum absolute atomic E-state index is 12.7. The first-order valence-electron chi connectivity index (χ1n) is 10.1. The van der Waals surface area contributed by atoms with Gasteiger partial charge in [-0.05, 0) is 64.4 Å². The molecule has 1 saturated heterocycles. The highest BCUT2D eigenvalue weighted by Crippen LogP contribution is 2.27. The van der Waals surface area contributed by atoms with Gasteiger partial charge in [-0.1, -0.05) is 29.3 Å². The summed E-state index contributed by atoms with van der Waals surface area (Å²) >= 11 is 6.52. The third-order valence-electron chi connectivity index (χ3n) is 5.74. The SMILES string of the molecule is Cc1ccc(NC(=O)c2cnc3c(ncn3CCC3CCN(C)CC3)c2Cl)cc1. The van der Waals surface area contributed by atoms with Crippen LogP contribution in [0.3, 0.4) is 0 Å². The molecule has 1 amide bonds. The molecule has 1 aromatic carbocycles. The van der Waals surface area contributed by atoms with Gasteiger partial charge in [0, 0.05) is 18.4 Å². The fourth-order valence-electron chi connectivity index (χ4n) is 3.81. The summed E-state index contributed by atoms with van der Waals surface area (Å²) in [6.45, 7) is 5.20. The molecule has 0 saturated carbocycles. The highest BCUT2D eigenvalue weighted by Gasteiger charge is 2.19. The summed E-state index contributed by atoms with van der Waals surface area (Å²) in [6, 6.07) is 7.63. The van der Waals surface area contributed by atoms with E-state index in [1.807, 2.05) is 35.8 Å². The molecule has 1 fully saturated rings. The van der Waals surface area contributed by atoms with Crippen LogP contribution >= 0.6 is 11.6 Å². The number of nitrogens with one attached hydrogen (secondary N) is 1. The van der Waals surface area contributed by atoms with Crippen molar-refractivity contribution in [2.75, 3.05) is 25.5 Å². The van der Waals surface area contributed by atoms with Crippen LogP contribution in [0.2, 0.25) is 5.02 Å². The Morgan fingerprint density at radius 3 is 2.66 bits per heavy atom. The molecule has 3 aromatic rings. The van der Waals surface area contributed by atoms with E-state index in [1.54, 1.807) is 12.5 Å². The number of aryl methyl sites for hydroxylation is 2. The number of pyridine rings is 1. The lowest BCUT2D eigenvalue weighted by Gasteiger charge is -2.28. The lowest BCUT2D eigenvalue weighted by atomic mass is 9.94. The molecule has 0 bridgehead atoms. The second-order valence-electron chi connectivity index (χ2n) is 7.95. The molecule has 2 aromatic heterocycles. The summed E-state index contributed by atoms with van der Waals surface area (Å²) in [7, 11) is 2.18. The van der Waals surface area contributed by atoms with Gasteiger partial charge in [0.25, 0.3) is 5.91 Å². The van der Waals surface area contributed by atoms with Gasteiger partial charge in [0.2, 0.25) is 0 Å². The van der Waals surface area contributed by atoms with E-state index in [0.717, 1.165) is 35.8 Å². The standard InChI is InChI=1S/C22H26ClN5O/c1-15-3-5-17(6-4-15)26-22(29)18-13-24-21-20(19(18)23)25-14-28(21)12-9-16-7-10-27(2)11-8-16/h3-6,13-14,16H,7-12H2,1-2H3,(H,26,29). The van der Waals surface area contributed by atoms with Crippen LogP contribution in [-0.4, -0.2) is 45.5 Å². The van der Waals surface area contributed by atoms with Gasteiger partial charge in [0.1, 0.15) is 5.52 Å². The average molecular weight is 412 g/mol. The number of hydrogen-bond acceptors (Lipinski definition) is 4. The molecule has 4 rings (SSSR count). The average Bonchev–Trinajstić information content (AvgIpc) is 3.13. The summed E-state index contributed by atoms with van der Waals surface area (Å²) in [4.78, 5) is 24.0. The van der Waals surface area contributed by atoms with Gasteiger partial charge in [-0.3, -0.25) is 4.79 Å². The van der Waals surface area contributed by atoms with E-state index in [-0.39, 0.29) is 5.91 Å². The third-order valence-corrected chi connectivity index (χ3v) is 6.12. The highest BCUT2D eigenvalue weighted by atomic mass is 35.5. The van der Waals surface area contributed by atoms with Crippen LogP contribution < -0.4 is 5.32 Å². The quantitative estimate of drug-likeness (QED) is 0.676. The van der Waals surface area contributed by atoms with E-state index < -0.39 is 0 Å². The van der Waals surface area contributed by atoms with Crippen molar-refractivity contribution in [1.29, 1.82) is 0 Å². The Morgan fingerprint density at radius 2 is 1.93 bits per heavy atom. The van der Waals surface area contributed by atoms with Gasteiger partial charge in [0.15, 0.2) is 5.65 Å². The molecule has 1 N–H and O–H groups in total. The molecular weight excluding hydrogens is 386 g/mol. The van der Waals surface area contributed by atoms with Crippen LogP contribution in [0, 0.1) is 12.8 Å². The fraction of sp³-hybridized carbons (Fsp3) is 0.409. The molecule has 6 nitrogen and oxygen atoms in total.